The van der Waals surface area contributed by atoms with Crippen LogP contribution in [-0.2, 0) is 6.54 Å². The second-order valence-corrected chi connectivity index (χ2v) is 3.90. The van der Waals surface area contributed by atoms with Gasteiger partial charge in [0.05, 0.1) is 24.3 Å². The molecule has 3 aromatic rings. The molecule has 0 fully saturated rings. The third-order valence-electron chi connectivity index (χ3n) is 2.39. The maximum absolute atomic E-state index is 5.82. The zero-order chi connectivity index (χ0) is 12.4. The minimum atomic E-state index is 0.176. The molecule has 0 saturated carbocycles. The molecule has 0 saturated heterocycles. The Morgan fingerprint density at radius 2 is 2.33 bits per heavy atom. The van der Waals surface area contributed by atoms with Gasteiger partial charge < -0.3 is 5.32 Å². The Morgan fingerprint density at radius 3 is 3.17 bits per heavy atom. The molecule has 0 aliphatic heterocycles. The molecule has 0 amide bonds. The predicted octanol–water partition coefficient (Wildman–Crippen LogP) is 0.710. The van der Waals surface area contributed by atoms with Crippen molar-refractivity contribution in [2.24, 2.45) is 0 Å². The van der Waals surface area contributed by atoms with Crippen molar-refractivity contribution in [3.8, 4) is 0 Å². The third-order valence-corrected chi connectivity index (χ3v) is 2.56. The normalized spacial score (nSPS) is 10.9. The molecular weight excluding hydrogens is 256 g/mol. The van der Waals surface area contributed by atoms with E-state index in [2.05, 4.69) is 35.8 Å². The summed E-state index contributed by atoms with van der Waals surface area (Å²) in [5.74, 6) is 0.652. The molecule has 8 nitrogen and oxygen atoms in total. The Labute approximate surface area is 106 Å². The lowest BCUT2D eigenvalue weighted by Crippen LogP contribution is -2.12. The number of nitrogens with one attached hydrogen (secondary N) is 2. The van der Waals surface area contributed by atoms with Crippen molar-refractivity contribution < 1.29 is 0 Å². The van der Waals surface area contributed by atoms with Crippen molar-refractivity contribution in [3.05, 3.63) is 23.9 Å². The van der Waals surface area contributed by atoms with Gasteiger partial charge in [-0.1, -0.05) is 5.21 Å². The minimum absolute atomic E-state index is 0.176. The van der Waals surface area contributed by atoms with Crippen molar-refractivity contribution in [1.29, 1.82) is 0 Å². The maximum atomic E-state index is 5.82. The van der Waals surface area contributed by atoms with Crippen LogP contribution in [0.5, 0.6) is 0 Å². The fourth-order valence-electron chi connectivity index (χ4n) is 1.58. The first-order valence-corrected chi connectivity index (χ1v) is 5.65. The first-order valence-electron chi connectivity index (χ1n) is 5.27. The number of halogens is 1. The van der Waals surface area contributed by atoms with E-state index in [1.165, 1.54) is 0 Å². The first kappa shape index (κ1) is 10.9. The predicted molar refractivity (Wildman–Crippen MR) is 65.2 cm³/mol. The zero-order valence-electron chi connectivity index (χ0n) is 9.21. The number of hydrogen-bond donors (Lipinski definition) is 2. The van der Waals surface area contributed by atoms with Gasteiger partial charge in [0.1, 0.15) is 5.82 Å². The summed E-state index contributed by atoms with van der Waals surface area (Å²) in [4.78, 5) is 8.15. The lowest BCUT2D eigenvalue weighted by atomic mass is 10.4. The van der Waals surface area contributed by atoms with Crippen LogP contribution in [0.1, 0.15) is 0 Å². The van der Waals surface area contributed by atoms with Gasteiger partial charge in [0, 0.05) is 12.7 Å². The number of anilines is 1. The van der Waals surface area contributed by atoms with Crippen LogP contribution in [0.2, 0.25) is 5.28 Å². The van der Waals surface area contributed by atoms with Crippen molar-refractivity contribution >= 4 is 28.5 Å². The smallest absolute Gasteiger partial charge is 0.226 e. The van der Waals surface area contributed by atoms with Crippen molar-refractivity contribution in [3.63, 3.8) is 0 Å². The molecule has 0 aliphatic rings. The topological polar surface area (TPSA) is 97.2 Å². The molecule has 0 atom stereocenters. The molecule has 0 spiro atoms. The molecule has 3 aromatic heterocycles. The fraction of sp³-hybridized carbons (Fsp3) is 0.222. The summed E-state index contributed by atoms with van der Waals surface area (Å²) in [6.45, 7) is 1.33. The number of H-pyrrole nitrogens is 1. The quantitative estimate of drug-likeness (QED) is 0.674. The molecule has 3 rings (SSSR count). The summed E-state index contributed by atoms with van der Waals surface area (Å²) in [7, 11) is 0. The molecule has 2 N–H and O–H groups in total. The second kappa shape index (κ2) is 4.57. The highest BCUT2D eigenvalue weighted by Crippen LogP contribution is 2.19. The van der Waals surface area contributed by atoms with Gasteiger partial charge in [-0.2, -0.15) is 15.1 Å². The Bertz CT molecular complexity index is 646. The lowest BCUT2D eigenvalue weighted by Gasteiger charge is -2.06. The maximum Gasteiger partial charge on any atom is 0.226 e. The minimum Gasteiger partial charge on any atom is -0.367 e. The molecule has 9 heteroatoms. The van der Waals surface area contributed by atoms with Crippen LogP contribution in [-0.4, -0.2) is 41.7 Å². The summed E-state index contributed by atoms with van der Waals surface area (Å²) in [5, 5.41) is 18.4. The molecule has 0 unspecified atom stereocenters. The Balaban J connectivity index is 1.75. The van der Waals surface area contributed by atoms with E-state index in [0.717, 1.165) is 5.39 Å². The molecule has 0 bridgehead atoms. The van der Waals surface area contributed by atoms with Crippen molar-refractivity contribution in [2.45, 2.75) is 6.54 Å². The van der Waals surface area contributed by atoms with Crippen LogP contribution in [0.4, 0.5) is 5.82 Å². The van der Waals surface area contributed by atoms with Crippen LogP contribution >= 0.6 is 11.6 Å². The van der Waals surface area contributed by atoms with Crippen LogP contribution < -0.4 is 5.32 Å². The SMILES string of the molecule is Clc1nc(NCCn2ccnn2)c2cn[nH]c2n1. The monoisotopic (exact) mass is 264 g/mol. The van der Waals surface area contributed by atoms with E-state index in [1.54, 1.807) is 23.3 Å². The van der Waals surface area contributed by atoms with Crippen LogP contribution in [0, 0.1) is 0 Å². The summed E-state index contributed by atoms with van der Waals surface area (Å²) in [6, 6.07) is 0. The largest absolute Gasteiger partial charge is 0.367 e. The summed E-state index contributed by atoms with van der Waals surface area (Å²) < 4.78 is 1.72. The molecule has 0 aliphatic carbocycles. The van der Waals surface area contributed by atoms with E-state index in [4.69, 9.17) is 11.6 Å². The van der Waals surface area contributed by atoms with E-state index >= 15 is 0 Å². The van der Waals surface area contributed by atoms with Gasteiger partial charge in [-0.05, 0) is 11.6 Å². The summed E-state index contributed by atoms with van der Waals surface area (Å²) in [6.07, 6.45) is 5.08. The van der Waals surface area contributed by atoms with Crippen LogP contribution in [0.15, 0.2) is 18.6 Å². The fourth-order valence-corrected chi connectivity index (χ4v) is 1.75. The van der Waals surface area contributed by atoms with Crippen LogP contribution in [0.25, 0.3) is 11.0 Å². The molecule has 0 aromatic carbocycles. The number of aromatic nitrogens is 7. The highest BCUT2D eigenvalue weighted by atomic mass is 35.5. The van der Waals surface area contributed by atoms with E-state index in [-0.39, 0.29) is 5.28 Å². The van der Waals surface area contributed by atoms with E-state index < -0.39 is 0 Å². The van der Waals surface area contributed by atoms with Crippen molar-refractivity contribution in [2.75, 3.05) is 11.9 Å². The summed E-state index contributed by atoms with van der Waals surface area (Å²) in [5.41, 5.74) is 0.609. The zero-order valence-corrected chi connectivity index (χ0v) is 9.96. The van der Waals surface area contributed by atoms with Crippen molar-refractivity contribution in [1.82, 2.24) is 35.2 Å². The van der Waals surface area contributed by atoms with E-state index in [9.17, 15) is 0 Å². The Hall–Kier alpha value is -2.22. The Kier molecular flexibility index (Phi) is 2.77. The molecule has 92 valence electrons. The van der Waals surface area contributed by atoms with E-state index in [1.807, 2.05) is 0 Å². The van der Waals surface area contributed by atoms with E-state index in [0.29, 0.717) is 24.6 Å². The van der Waals surface area contributed by atoms with Gasteiger partial charge in [-0.15, -0.1) is 5.10 Å². The second-order valence-electron chi connectivity index (χ2n) is 3.57. The number of fused-ring (bicyclic) bond motifs is 1. The van der Waals surface area contributed by atoms with Gasteiger partial charge in [0.25, 0.3) is 0 Å². The lowest BCUT2D eigenvalue weighted by molar-refractivity contribution is 0.608. The molecular formula is C9H9ClN8. The third kappa shape index (κ3) is 2.09. The van der Waals surface area contributed by atoms with Gasteiger partial charge >= 0.3 is 0 Å². The number of hydrogen-bond acceptors (Lipinski definition) is 6. The highest BCUT2D eigenvalue weighted by molar-refractivity contribution is 6.28. The standard InChI is InChI=1S/C9H9ClN8/c10-9-14-7(6-5-13-16-8(6)15-9)11-1-3-18-4-2-12-17-18/h2,4-5H,1,3H2,(H2,11,13,14,15,16). The molecule has 18 heavy (non-hydrogen) atoms. The summed E-state index contributed by atoms with van der Waals surface area (Å²) >= 11 is 5.82. The first-order chi connectivity index (χ1) is 8.83. The highest BCUT2D eigenvalue weighted by Gasteiger charge is 2.07. The average molecular weight is 265 g/mol. The number of aromatic amines is 1. The number of nitrogens with zero attached hydrogens (tertiary/aromatic N) is 6. The molecule has 0 radical (unpaired) electrons. The van der Waals surface area contributed by atoms with Gasteiger partial charge in [-0.3, -0.25) is 9.78 Å². The van der Waals surface area contributed by atoms with Gasteiger partial charge in [-0.25, -0.2) is 0 Å². The van der Waals surface area contributed by atoms with Crippen LogP contribution in [0.3, 0.4) is 0 Å². The average Bonchev–Trinajstić information content (AvgIpc) is 2.98. The number of rotatable bonds is 4. The van der Waals surface area contributed by atoms with Gasteiger partial charge in [0.15, 0.2) is 5.65 Å². The van der Waals surface area contributed by atoms with Gasteiger partial charge in [0.2, 0.25) is 5.28 Å². The Morgan fingerprint density at radius 1 is 1.39 bits per heavy atom. The molecule has 3 heterocycles.